The molecule has 4 rings (SSSR count). The van der Waals surface area contributed by atoms with Crippen molar-refractivity contribution in [3.05, 3.63) is 66.9 Å². The molecule has 1 heterocycles. The number of nitrogens with zero attached hydrogens (tertiary/aromatic N) is 2. The first-order valence-electron chi connectivity index (χ1n) is 10.3. The van der Waals surface area contributed by atoms with E-state index in [1.807, 2.05) is 71.5 Å². The maximum atomic E-state index is 5.81. The predicted molar refractivity (Wildman–Crippen MR) is 127 cm³/mol. The maximum Gasteiger partial charge on any atom is 0.203 e. The van der Waals surface area contributed by atoms with E-state index in [0.717, 1.165) is 28.1 Å². The van der Waals surface area contributed by atoms with E-state index in [2.05, 4.69) is 0 Å². The third-order valence-corrected chi connectivity index (χ3v) is 5.42. The number of rotatable bonds is 8. The van der Waals surface area contributed by atoms with Crippen LogP contribution in [0.5, 0.6) is 28.7 Å². The molecule has 170 valence electrons. The van der Waals surface area contributed by atoms with E-state index in [-0.39, 0.29) is 0 Å². The van der Waals surface area contributed by atoms with E-state index in [1.54, 1.807) is 35.5 Å². The van der Waals surface area contributed by atoms with Crippen LogP contribution in [0.25, 0.3) is 28.1 Å². The van der Waals surface area contributed by atoms with Crippen LogP contribution in [0, 0.1) is 0 Å². The molecule has 0 fully saturated rings. The molecule has 0 saturated carbocycles. The van der Waals surface area contributed by atoms with Crippen molar-refractivity contribution in [1.29, 1.82) is 0 Å². The van der Waals surface area contributed by atoms with Crippen LogP contribution in [0.15, 0.2) is 66.9 Å². The van der Waals surface area contributed by atoms with E-state index in [4.69, 9.17) is 28.8 Å². The highest BCUT2D eigenvalue weighted by molar-refractivity contribution is 5.87. The van der Waals surface area contributed by atoms with Gasteiger partial charge >= 0.3 is 0 Å². The average molecular weight is 447 g/mol. The number of methoxy groups -OCH3 is 5. The Morgan fingerprint density at radius 3 is 1.91 bits per heavy atom. The van der Waals surface area contributed by atoms with Gasteiger partial charge in [-0.2, -0.15) is 5.10 Å². The van der Waals surface area contributed by atoms with Crippen molar-refractivity contribution in [3.63, 3.8) is 0 Å². The van der Waals surface area contributed by atoms with Crippen LogP contribution in [0.4, 0.5) is 0 Å². The summed E-state index contributed by atoms with van der Waals surface area (Å²) >= 11 is 0. The minimum atomic E-state index is 0.511. The maximum absolute atomic E-state index is 5.81. The standard InChI is InChI=1S/C26H26N2O5/c1-29-21-13-11-17(15-23(21)31-3)20-16-27-28(18-9-7-6-8-10-18)24(20)19-12-14-22(30-2)26(33-5)25(19)32-4/h6-16H,1-5H3. The lowest BCUT2D eigenvalue weighted by Crippen LogP contribution is -2.02. The zero-order valence-electron chi connectivity index (χ0n) is 19.3. The summed E-state index contributed by atoms with van der Waals surface area (Å²) in [6.45, 7) is 0. The third kappa shape index (κ3) is 3.93. The highest BCUT2D eigenvalue weighted by Gasteiger charge is 2.24. The molecule has 0 N–H and O–H groups in total. The number of benzene rings is 3. The molecule has 0 atom stereocenters. The molecule has 0 bridgehead atoms. The molecule has 0 saturated heterocycles. The van der Waals surface area contributed by atoms with Crippen LogP contribution in [0.3, 0.4) is 0 Å². The Labute approximate surface area is 193 Å². The lowest BCUT2D eigenvalue weighted by molar-refractivity contribution is 0.325. The van der Waals surface area contributed by atoms with Crippen molar-refractivity contribution in [3.8, 4) is 56.8 Å². The summed E-state index contributed by atoms with van der Waals surface area (Å²) in [5.41, 5.74) is 4.37. The van der Waals surface area contributed by atoms with Gasteiger partial charge in [0, 0.05) is 11.1 Å². The van der Waals surface area contributed by atoms with Crippen LogP contribution in [-0.4, -0.2) is 45.3 Å². The molecule has 1 aromatic heterocycles. The molecule has 0 aliphatic rings. The number of aromatic nitrogens is 2. The first-order valence-corrected chi connectivity index (χ1v) is 10.3. The Bertz CT molecular complexity index is 1250. The van der Waals surface area contributed by atoms with Crippen molar-refractivity contribution in [2.24, 2.45) is 0 Å². The highest BCUT2D eigenvalue weighted by atomic mass is 16.5. The monoisotopic (exact) mass is 446 g/mol. The Morgan fingerprint density at radius 1 is 0.606 bits per heavy atom. The molecule has 33 heavy (non-hydrogen) atoms. The molecular formula is C26H26N2O5. The van der Waals surface area contributed by atoms with Crippen molar-refractivity contribution in [2.45, 2.75) is 0 Å². The average Bonchev–Trinajstić information content (AvgIpc) is 3.32. The summed E-state index contributed by atoms with van der Waals surface area (Å²) in [5, 5.41) is 4.73. The fourth-order valence-electron chi connectivity index (χ4n) is 3.88. The molecule has 0 aliphatic heterocycles. The molecule has 0 aliphatic carbocycles. The smallest absolute Gasteiger partial charge is 0.203 e. The van der Waals surface area contributed by atoms with Crippen LogP contribution in [-0.2, 0) is 0 Å². The van der Waals surface area contributed by atoms with Crippen molar-refractivity contribution in [1.82, 2.24) is 9.78 Å². The molecule has 0 radical (unpaired) electrons. The molecular weight excluding hydrogens is 420 g/mol. The fraction of sp³-hybridized carbons (Fsp3) is 0.192. The van der Waals surface area contributed by atoms with Crippen molar-refractivity contribution in [2.75, 3.05) is 35.5 Å². The number of para-hydroxylation sites is 1. The van der Waals surface area contributed by atoms with Gasteiger partial charge in [0.05, 0.1) is 53.1 Å². The van der Waals surface area contributed by atoms with E-state index in [0.29, 0.717) is 28.7 Å². The van der Waals surface area contributed by atoms with E-state index in [1.165, 1.54) is 0 Å². The first-order chi connectivity index (χ1) is 16.2. The lowest BCUT2D eigenvalue weighted by Gasteiger charge is -2.18. The topological polar surface area (TPSA) is 64.0 Å². The van der Waals surface area contributed by atoms with Gasteiger partial charge in [-0.25, -0.2) is 4.68 Å². The largest absolute Gasteiger partial charge is 0.493 e. The molecule has 3 aromatic carbocycles. The SMILES string of the molecule is COc1ccc(-c2cnn(-c3ccccc3)c2-c2ccc(OC)c(OC)c2OC)cc1OC. The normalized spacial score (nSPS) is 10.6. The van der Waals surface area contributed by atoms with Gasteiger partial charge in [-0.3, -0.25) is 0 Å². The van der Waals surface area contributed by atoms with Gasteiger partial charge < -0.3 is 23.7 Å². The minimum absolute atomic E-state index is 0.511. The minimum Gasteiger partial charge on any atom is -0.493 e. The van der Waals surface area contributed by atoms with E-state index in [9.17, 15) is 0 Å². The third-order valence-electron chi connectivity index (χ3n) is 5.42. The fourth-order valence-corrected chi connectivity index (χ4v) is 3.88. The number of ether oxygens (including phenoxy) is 5. The van der Waals surface area contributed by atoms with E-state index >= 15 is 0 Å². The van der Waals surface area contributed by atoms with Crippen LogP contribution in [0.2, 0.25) is 0 Å². The van der Waals surface area contributed by atoms with Gasteiger partial charge in [-0.15, -0.1) is 0 Å². The summed E-state index contributed by atoms with van der Waals surface area (Å²) in [5.74, 6) is 2.93. The zero-order valence-corrected chi connectivity index (χ0v) is 19.3. The molecule has 7 nitrogen and oxygen atoms in total. The van der Waals surface area contributed by atoms with Crippen LogP contribution in [0.1, 0.15) is 0 Å². The highest BCUT2D eigenvalue weighted by Crippen LogP contribution is 2.47. The second kappa shape index (κ2) is 9.56. The van der Waals surface area contributed by atoms with Gasteiger partial charge in [-0.1, -0.05) is 24.3 Å². The molecule has 0 unspecified atom stereocenters. The second-order valence-corrected chi connectivity index (χ2v) is 7.11. The van der Waals surface area contributed by atoms with Gasteiger partial charge in [0.15, 0.2) is 23.0 Å². The predicted octanol–water partition coefficient (Wildman–Crippen LogP) is 5.25. The van der Waals surface area contributed by atoms with E-state index < -0.39 is 0 Å². The lowest BCUT2D eigenvalue weighted by atomic mass is 9.99. The Kier molecular flexibility index (Phi) is 6.40. The molecule has 4 aromatic rings. The summed E-state index contributed by atoms with van der Waals surface area (Å²) in [4.78, 5) is 0. The first kappa shape index (κ1) is 22.1. The Balaban J connectivity index is 2.03. The van der Waals surface area contributed by atoms with Crippen molar-refractivity contribution < 1.29 is 23.7 Å². The summed E-state index contributed by atoms with van der Waals surface area (Å²) in [7, 11) is 8.03. The summed E-state index contributed by atoms with van der Waals surface area (Å²) < 4.78 is 29.8. The van der Waals surface area contributed by atoms with Gasteiger partial charge in [-0.05, 0) is 42.0 Å². The van der Waals surface area contributed by atoms with Crippen molar-refractivity contribution >= 4 is 0 Å². The van der Waals surface area contributed by atoms with Gasteiger partial charge in [0.2, 0.25) is 5.75 Å². The molecule has 7 heteroatoms. The number of hydrogen-bond donors (Lipinski definition) is 0. The van der Waals surface area contributed by atoms with Gasteiger partial charge in [0.1, 0.15) is 0 Å². The summed E-state index contributed by atoms with van der Waals surface area (Å²) in [6, 6.07) is 19.5. The quantitative estimate of drug-likeness (QED) is 0.368. The summed E-state index contributed by atoms with van der Waals surface area (Å²) in [6.07, 6.45) is 1.83. The molecule has 0 spiro atoms. The number of hydrogen-bond acceptors (Lipinski definition) is 6. The second-order valence-electron chi connectivity index (χ2n) is 7.11. The Morgan fingerprint density at radius 2 is 1.27 bits per heavy atom. The van der Waals surface area contributed by atoms with Crippen LogP contribution < -0.4 is 23.7 Å². The zero-order chi connectivity index (χ0) is 23.4. The van der Waals surface area contributed by atoms with Crippen LogP contribution >= 0.6 is 0 Å². The molecule has 0 amide bonds. The van der Waals surface area contributed by atoms with Gasteiger partial charge in [0.25, 0.3) is 0 Å². The Hall–Kier alpha value is -4.13.